The van der Waals surface area contributed by atoms with Gasteiger partial charge in [0, 0.05) is 6.20 Å². The van der Waals surface area contributed by atoms with Gasteiger partial charge in [-0.25, -0.2) is 4.98 Å². The lowest BCUT2D eigenvalue weighted by atomic mass is 10.2. The van der Waals surface area contributed by atoms with Crippen LogP contribution in [0.3, 0.4) is 0 Å². The molecule has 0 amide bonds. The first-order valence-corrected chi connectivity index (χ1v) is 7.40. The van der Waals surface area contributed by atoms with Crippen molar-refractivity contribution < 1.29 is 0 Å². The number of aromatic nitrogens is 1. The van der Waals surface area contributed by atoms with Crippen molar-refractivity contribution in [3.05, 3.63) is 39.0 Å². The Morgan fingerprint density at radius 3 is 2.67 bits per heavy atom. The molecule has 0 bridgehead atoms. The largest absolute Gasteiger partial charge is 0.336 e. The van der Waals surface area contributed by atoms with Gasteiger partial charge in [0.05, 0.1) is 32.7 Å². The van der Waals surface area contributed by atoms with Gasteiger partial charge in [0.15, 0.2) is 5.82 Å². The van der Waals surface area contributed by atoms with E-state index >= 15 is 0 Å². The topological polar surface area (TPSA) is 73.4 Å². The molecule has 1 N–H and O–H groups in total. The van der Waals surface area contributed by atoms with Gasteiger partial charge in [0.25, 0.3) is 0 Å². The van der Waals surface area contributed by atoms with Crippen LogP contribution in [-0.4, -0.2) is 4.98 Å². The maximum atomic E-state index is 8.98. The number of nitrogens with zero attached hydrogens (tertiary/aromatic N) is 4. The summed E-state index contributed by atoms with van der Waals surface area (Å²) in [4.78, 5) is 4.11. The molecule has 9 heteroatoms. The molecule has 0 saturated heterocycles. The van der Waals surface area contributed by atoms with Crippen LogP contribution in [-0.2, 0) is 11.4 Å². The molecule has 1 aromatic carbocycles. The van der Waals surface area contributed by atoms with Crippen molar-refractivity contribution in [3.8, 4) is 6.07 Å². The number of fused-ring (bicyclic) bond motifs is 1. The molecule has 5 nitrogen and oxygen atoms in total. The zero-order chi connectivity index (χ0) is 15.0. The number of benzene rings is 1. The quantitative estimate of drug-likeness (QED) is 0.669. The van der Waals surface area contributed by atoms with Crippen molar-refractivity contribution in [1.82, 2.24) is 4.98 Å². The average molecular weight is 357 g/mol. The van der Waals surface area contributed by atoms with Gasteiger partial charge in [-0.05, 0) is 12.1 Å². The van der Waals surface area contributed by atoms with E-state index in [4.69, 9.17) is 40.1 Å². The van der Waals surface area contributed by atoms with Crippen molar-refractivity contribution in [1.29, 1.82) is 5.26 Å². The van der Waals surface area contributed by atoms with E-state index in [1.165, 1.54) is 12.3 Å². The van der Waals surface area contributed by atoms with E-state index in [2.05, 4.69) is 19.0 Å². The van der Waals surface area contributed by atoms with E-state index in [9.17, 15) is 0 Å². The summed E-state index contributed by atoms with van der Waals surface area (Å²) in [6.07, 6.45) is 1.48. The van der Waals surface area contributed by atoms with Gasteiger partial charge >= 0.3 is 0 Å². The Balaban J connectivity index is 2.11. The summed E-state index contributed by atoms with van der Waals surface area (Å²) < 4.78 is 8.28. The second-order valence-corrected chi connectivity index (χ2v) is 5.66. The predicted octanol–water partition coefficient (Wildman–Crippen LogP) is 5.38. The highest BCUT2D eigenvalue weighted by Crippen LogP contribution is 2.48. The van der Waals surface area contributed by atoms with Crippen LogP contribution in [0.25, 0.3) is 0 Å². The number of hydrogen-bond acceptors (Lipinski definition) is 5. The third-order valence-corrected chi connectivity index (χ3v) is 4.19. The number of rotatable bonds is 2. The van der Waals surface area contributed by atoms with Crippen LogP contribution >= 0.6 is 34.8 Å². The zero-order valence-electron chi connectivity index (χ0n) is 10.1. The molecule has 2 aromatic rings. The van der Waals surface area contributed by atoms with Gasteiger partial charge in [-0.15, -0.1) is 0 Å². The minimum atomic E-state index is 0.211. The Morgan fingerprint density at radius 2 is 1.90 bits per heavy atom. The molecule has 0 radical (unpaired) electrons. The smallest absolute Gasteiger partial charge is 0.150 e. The van der Waals surface area contributed by atoms with Gasteiger partial charge in [0.2, 0.25) is 0 Å². The molecule has 0 aliphatic carbocycles. The number of halogens is 3. The van der Waals surface area contributed by atoms with Gasteiger partial charge < -0.3 is 5.32 Å². The number of nitriles is 1. The maximum absolute atomic E-state index is 8.98. The molecule has 0 unspecified atom stereocenters. The molecular weight excluding hydrogens is 353 g/mol. The fourth-order valence-electron chi connectivity index (χ4n) is 1.73. The van der Waals surface area contributed by atoms with Crippen LogP contribution in [0.2, 0.25) is 15.1 Å². The molecule has 1 aliphatic heterocycles. The molecule has 0 saturated carbocycles. The van der Waals surface area contributed by atoms with E-state index in [0.29, 0.717) is 38.5 Å². The van der Waals surface area contributed by atoms with Crippen LogP contribution < -0.4 is 5.32 Å². The van der Waals surface area contributed by atoms with Crippen molar-refractivity contribution >= 4 is 69.0 Å². The number of nitrogens with one attached hydrogen (secondary N) is 1. The summed E-state index contributed by atoms with van der Waals surface area (Å²) >= 11 is 19.4. The number of anilines is 2. The zero-order valence-corrected chi connectivity index (χ0v) is 13.1. The second-order valence-electron chi connectivity index (χ2n) is 3.93. The minimum Gasteiger partial charge on any atom is -0.336 e. The fourth-order valence-corrected chi connectivity index (χ4v) is 3.09. The van der Waals surface area contributed by atoms with Crippen molar-refractivity contribution in [2.24, 2.45) is 8.73 Å². The summed E-state index contributed by atoms with van der Waals surface area (Å²) in [7, 11) is 0. The lowest BCUT2D eigenvalue weighted by Gasteiger charge is -2.12. The summed E-state index contributed by atoms with van der Waals surface area (Å²) in [5.41, 5.74) is 1.88. The molecule has 2 heterocycles. The standard InChI is InChI=1S/C12H4Cl3N5S/c13-6-3-7(14)10-11(20-21-19-10)9(6)18-12-8(15)5(4-16)1-2-17-12/h1-3H,(H,17,18). The van der Waals surface area contributed by atoms with Gasteiger partial charge in [-0.2, -0.15) is 14.0 Å². The van der Waals surface area contributed by atoms with Crippen molar-refractivity contribution in [2.45, 2.75) is 0 Å². The Hall–Kier alpha value is -1.65. The molecular formula is C12H4Cl3N5S. The highest BCUT2D eigenvalue weighted by atomic mass is 35.5. The fraction of sp³-hybridized carbons (Fsp3) is 0. The van der Waals surface area contributed by atoms with Crippen LogP contribution in [0.1, 0.15) is 5.56 Å². The molecule has 104 valence electrons. The third-order valence-electron chi connectivity index (χ3n) is 2.70. The molecule has 0 atom stereocenters. The average Bonchev–Trinajstić information content (AvgIpc) is 2.95. The van der Waals surface area contributed by atoms with Crippen LogP contribution in [0, 0.1) is 11.3 Å². The van der Waals surface area contributed by atoms with E-state index < -0.39 is 0 Å². The maximum Gasteiger partial charge on any atom is 0.150 e. The van der Waals surface area contributed by atoms with E-state index in [0.717, 1.165) is 11.4 Å². The lowest BCUT2D eigenvalue weighted by molar-refractivity contribution is 1.29. The SMILES string of the molecule is N#Cc1ccnc(Nc2c(Cl)cc(Cl)c3c2N=S=N3)c1Cl. The minimum absolute atomic E-state index is 0.211. The highest BCUT2D eigenvalue weighted by molar-refractivity contribution is 7.58. The predicted molar refractivity (Wildman–Crippen MR) is 85.2 cm³/mol. The van der Waals surface area contributed by atoms with Crippen molar-refractivity contribution in [3.63, 3.8) is 0 Å². The summed E-state index contributed by atoms with van der Waals surface area (Å²) in [5, 5.41) is 13.0. The molecule has 0 spiro atoms. The Labute approximate surface area is 138 Å². The normalized spacial score (nSPS) is 11.7. The Bertz CT molecular complexity index is 868. The summed E-state index contributed by atoms with van der Waals surface area (Å²) in [5.74, 6) is 0.314. The summed E-state index contributed by atoms with van der Waals surface area (Å²) in [6, 6.07) is 5.08. The monoisotopic (exact) mass is 355 g/mol. The molecule has 1 aromatic heterocycles. The molecule has 3 rings (SSSR count). The van der Waals surface area contributed by atoms with Crippen LogP contribution in [0.15, 0.2) is 27.1 Å². The first-order chi connectivity index (χ1) is 10.1. The van der Waals surface area contributed by atoms with E-state index in [-0.39, 0.29) is 5.02 Å². The first-order valence-electron chi connectivity index (χ1n) is 5.53. The third kappa shape index (κ3) is 2.49. The Morgan fingerprint density at radius 1 is 1.14 bits per heavy atom. The van der Waals surface area contributed by atoms with Gasteiger partial charge in [0.1, 0.15) is 22.5 Å². The van der Waals surface area contributed by atoms with Crippen LogP contribution in [0.4, 0.5) is 22.9 Å². The first kappa shape index (κ1) is 14.3. The second kappa shape index (κ2) is 5.62. The number of pyridine rings is 1. The molecule has 21 heavy (non-hydrogen) atoms. The van der Waals surface area contributed by atoms with E-state index in [1.54, 1.807) is 6.07 Å². The van der Waals surface area contributed by atoms with Crippen molar-refractivity contribution in [2.75, 3.05) is 5.32 Å². The van der Waals surface area contributed by atoms with Gasteiger partial charge in [-0.1, -0.05) is 34.8 Å². The Kier molecular flexibility index (Phi) is 3.83. The summed E-state index contributed by atoms with van der Waals surface area (Å²) in [6.45, 7) is 0. The van der Waals surface area contributed by atoms with E-state index in [1.807, 2.05) is 6.07 Å². The molecule has 1 aliphatic rings. The van der Waals surface area contributed by atoms with Gasteiger partial charge in [-0.3, -0.25) is 0 Å². The molecule has 0 fully saturated rings. The lowest BCUT2D eigenvalue weighted by Crippen LogP contribution is -1.97. The van der Waals surface area contributed by atoms with Crippen LogP contribution in [0.5, 0.6) is 0 Å². The number of hydrogen-bond donors (Lipinski definition) is 1. The highest BCUT2D eigenvalue weighted by Gasteiger charge is 2.20.